The number of ether oxygens (including phenoxy) is 1. The predicted octanol–water partition coefficient (Wildman–Crippen LogP) is 5.48. The van der Waals surface area contributed by atoms with Gasteiger partial charge < -0.3 is 14.5 Å². The maximum absolute atomic E-state index is 13.7. The first-order valence-electron chi connectivity index (χ1n) is 9.74. The van der Waals surface area contributed by atoms with E-state index in [2.05, 4.69) is 10.1 Å². The van der Waals surface area contributed by atoms with Gasteiger partial charge in [0.15, 0.2) is 17.8 Å². The first-order valence-corrected chi connectivity index (χ1v) is 9.74. The summed E-state index contributed by atoms with van der Waals surface area (Å²) in [6, 6.07) is 12.8. The van der Waals surface area contributed by atoms with Crippen LogP contribution in [0.2, 0.25) is 0 Å². The predicted molar refractivity (Wildman–Crippen MR) is 113 cm³/mol. The van der Waals surface area contributed by atoms with Crippen LogP contribution in [-0.4, -0.2) is 12.5 Å². The molecule has 1 heterocycles. The summed E-state index contributed by atoms with van der Waals surface area (Å²) in [7, 11) is 0. The third-order valence-corrected chi connectivity index (χ3v) is 4.83. The molecule has 4 rings (SSSR count). The number of carbonyl (C=O) groups is 1. The zero-order chi connectivity index (χ0) is 24.6. The van der Waals surface area contributed by atoms with E-state index in [0.29, 0.717) is 11.3 Å². The molecule has 1 aromatic heterocycles. The first-order chi connectivity index (χ1) is 16.2. The van der Waals surface area contributed by atoms with E-state index in [0.717, 1.165) is 5.56 Å². The van der Waals surface area contributed by atoms with E-state index in [9.17, 15) is 31.5 Å². The van der Waals surface area contributed by atoms with Crippen LogP contribution in [0.1, 0.15) is 5.56 Å². The standard InChI is InChI=1S/C24H14F5NO4/c1-11-3-2-4-12(7-11)17-9-15(31)14-8-13(5-6-16(14)34-17)30-18(32)10-33-24-22(28)20(26)19(25)21(27)23(24)29/h2-9H,10H2,1H3,(H,30,32). The van der Waals surface area contributed by atoms with Gasteiger partial charge in [-0.15, -0.1) is 0 Å². The summed E-state index contributed by atoms with van der Waals surface area (Å²) in [6.45, 7) is 0.838. The molecule has 0 spiro atoms. The zero-order valence-electron chi connectivity index (χ0n) is 17.3. The minimum Gasteiger partial charge on any atom is -0.477 e. The number of carbonyl (C=O) groups excluding carboxylic acids is 1. The summed E-state index contributed by atoms with van der Waals surface area (Å²) in [4.78, 5) is 24.7. The maximum atomic E-state index is 13.7. The Morgan fingerprint density at radius 2 is 1.59 bits per heavy atom. The third kappa shape index (κ3) is 4.34. The van der Waals surface area contributed by atoms with Crippen molar-refractivity contribution in [1.29, 1.82) is 0 Å². The number of rotatable bonds is 5. The lowest BCUT2D eigenvalue weighted by atomic mass is 10.1. The molecule has 3 aromatic carbocycles. The summed E-state index contributed by atoms with van der Waals surface area (Å²) in [5, 5.41) is 2.46. The van der Waals surface area contributed by atoms with Gasteiger partial charge in [0, 0.05) is 17.3 Å². The Labute approximate surface area is 188 Å². The number of halogens is 5. The van der Waals surface area contributed by atoms with E-state index in [4.69, 9.17) is 4.42 Å². The van der Waals surface area contributed by atoms with Crippen LogP contribution in [0.4, 0.5) is 27.6 Å². The highest BCUT2D eigenvalue weighted by Crippen LogP contribution is 2.29. The van der Waals surface area contributed by atoms with E-state index in [1.165, 1.54) is 24.3 Å². The van der Waals surface area contributed by atoms with Crippen LogP contribution in [0.5, 0.6) is 5.75 Å². The van der Waals surface area contributed by atoms with E-state index in [-0.39, 0.29) is 22.1 Å². The van der Waals surface area contributed by atoms with Crippen molar-refractivity contribution in [2.75, 3.05) is 11.9 Å². The lowest BCUT2D eigenvalue weighted by molar-refractivity contribution is -0.118. The Morgan fingerprint density at radius 3 is 2.26 bits per heavy atom. The quantitative estimate of drug-likeness (QED) is 0.236. The second-order valence-corrected chi connectivity index (χ2v) is 7.29. The third-order valence-electron chi connectivity index (χ3n) is 4.83. The summed E-state index contributed by atoms with van der Waals surface area (Å²) in [5.41, 5.74) is 1.67. The van der Waals surface area contributed by atoms with Crippen molar-refractivity contribution >= 4 is 22.6 Å². The van der Waals surface area contributed by atoms with E-state index < -0.39 is 47.3 Å². The van der Waals surface area contributed by atoms with Gasteiger partial charge in [0.2, 0.25) is 29.1 Å². The van der Waals surface area contributed by atoms with Gasteiger partial charge in [-0.25, -0.2) is 13.2 Å². The van der Waals surface area contributed by atoms with Crippen molar-refractivity contribution < 1.29 is 35.9 Å². The molecule has 0 unspecified atom stereocenters. The summed E-state index contributed by atoms with van der Waals surface area (Å²) in [6.07, 6.45) is 0. The Morgan fingerprint density at radius 1 is 0.912 bits per heavy atom. The van der Waals surface area contributed by atoms with Crippen LogP contribution in [0.3, 0.4) is 0 Å². The molecule has 10 heteroatoms. The Kier molecular flexibility index (Phi) is 6.06. The van der Waals surface area contributed by atoms with Gasteiger partial charge in [0.25, 0.3) is 5.91 Å². The van der Waals surface area contributed by atoms with Gasteiger partial charge in [-0.3, -0.25) is 9.59 Å². The van der Waals surface area contributed by atoms with E-state index >= 15 is 0 Å². The summed E-state index contributed by atoms with van der Waals surface area (Å²) >= 11 is 0. The molecule has 5 nitrogen and oxygen atoms in total. The lowest BCUT2D eigenvalue weighted by Gasteiger charge is -2.11. The number of benzene rings is 3. The molecule has 0 fully saturated rings. The second kappa shape index (κ2) is 8.97. The fourth-order valence-corrected chi connectivity index (χ4v) is 3.22. The minimum absolute atomic E-state index is 0.120. The molecule has 1 N–H and O–H groups in total. The van der Waals surface area contributed by atoms with Gasteiger partial charge in [0.1, 0.15) is 11.3 Å². The second-order valence-electron chi connectivity index (χ2n) is 7.29. The molecular weight excluding hydrogens is 461 g/mol. The highest BCUT2D eigenvalue weighted by molar-refractivity contribution is 5.94. The topological polar surface area (TPSA) is 68.5 Å². The van der Waals surface area contributed by atoms with Crippen molar-refractivity contribution in [2.24, 2.45) is 0 Å². The number of anilines is 1. The average Bonchev–Trinajstić information content (AvgIpc) is 2.81. The monoisotopic (exact) mass is 475 g/mol. The molecule has 0 radical (unpaired) electrons. The molecule has 174 valence electrons. The van der Waals surface area contributed by atoms with Crippen LogP contribution in [0.15, 0.2) is 57.7 Å². The molecule has 0 saturated heterocycles. The molecule has 0 bridgehead atoms. The van der Waals surface area contributed by atoms with Crippen molar-refractivity contribution in [2.45, 2.75) is 6.92 Å². The molecule has 34 heavy (non-hydrogen) atoms. The van der Waals surface area contributed by atoms with Gasteiger partial charge >= 0.3 is 0 Å². The van der Waals surface area contributed by atoms with E-state index in [1.54, 1.807) is 6.07 Å². The smallest absolute Gasteiger partial charge is 0.262 e. The number of fused-ring (bicyclic) bond motifs is 1. The van der Waals surface area contributed by atoms with Crippen LogP contribution in [0.25, 0.3) is 22.3 Å². The lowest BCUT2D eigenvalue weighted by Crippen LogP contribution is -2.21. The molecule has 1 amide bonds. The number of aryl methyl sites for hydroxylation is 1. The van der Waals surface area contributed by atoms with Gasteiger partial charge in [-0.05, 0) is 31.2 Å². The Hall–Kier alpha value is -4.21. The van der Waals surface area contributed by atoms with Crippen LogP contribution in [0, 0.1) is 36.0 Å². The summed E-state index contributed by atoms with van der Waals surface area (Å²) < 4.78 is 77.2. The number of nitrogens with one attached hydrogen (secondary N) is 1. The maximum Gasteiger partial charge on any atom is 0.262 e. The normalized spacial score (nSPS) is 11.0. The SMILES string of the molecule is Cc1cccc(-c2cc(=O)c3cc(NC(=O)COc4c(F)c(F)c(F)c(F)c4F)ccc3o2)c1. The van der Waals surface area contributed by atoms with Crippen molar-refractivity contribution in [1.82, 2.24) is 0 Å². The van der Waals surface area contributed by atoms with Crippen molar-refractivity contribution in [3.8, 4) is 17.1 Å². The van der Waals surface area contributed by atoms with E-state index in [1.807, 2.05) is 25.1 Å². The fraction of sp³-hybridized carbons (Fsp3) is 0.0833. The van der Waals surface area contributed by atoms with Crippen LogP contribution >= 0.6 is 0 Å². The number of amides is 1. The van der Waals surface area contributed by atoms with Crippen molar-refractivity contribution in [3.05, 3.63) is 93.4 Å². The van der Waals surface area contributed by atoms with Gasteiger partial charge in [-0.2, -0.15) is 8.78 Å². The Bertz CT molecular complexity index is 1470. The largest absolute Gasteiger partial charge is 0.477 e. The number of hydrogen-bond donors (Lipinski definition) is 1. The molecule has 0 aliphatic rings. The Balaban J connectivity index is 1.53. The first kappa shape index (κ1) is 23.0. The fourth-order valence-electron chi connectivity index (χ4n) is 3.22. The highest BCUT2D eigenvalue weighted by atomic mass is 19.2. The molecule has 0 aliphatic carbocycles. The summed E-state index contributed by atoms with van der Waals surface area (Å²) in [5.74, 6) is -13.3. The average molecular weight is 475 g/mol. The van der Waals surface area contributed by atoms with Crippen LogP contribution < -0.4 is 15.5 Å². The highest BCUT2D eigenvalue weighted by Gasteiger charge is 2.27. The molecule has 0 atom stereocenters. The zero-order valence-corrected chi connectivity index (χ0v) is 17.3. The van der Waals surface area contributed by atoms with Gasteiger partial charge in [0.05, 0.1) is 5.39 Å². The molecule has 0 aliphatic heterocycles. The minimum atomic E-state index is -2.34. The van der Waals surface area contributed by atoms with Gasteiger partial charge in [-0.1, -0.05) is 23.8 Å². The molecule has 4 aromatic rings. The number of hydrogen-bond acceptors (Lipinski definition) is 4. The molecule has 0 saturated carbocycles. The molecular formula is C24H14F5NO4. The van der Waals surface area contributed by atoms with Crippen molar-refractivity contribution in [3.63, 3.8) is 0 Å². The van der Waals surface area contributed by atoms with Crippen LogP contribution in [-0.2, 0) is 4.79 Å².